The van der Waals surface area contributed by atoms with Gasteiger partial charge in [0.05, 0.1) is 21.3 Å². The highest BCUT2D eigenvalue weighted by atomic mass is 32.1. The van der Waals surface area contributed by atoms with E-state index in [4.69, 9.17) is 4.98 Å². The number of fused-ring (bicyclic) bond motifs is 1. The molecule has 0 spiro atoms. The minimum Gasteiger partial charge on any atom is -0.354 e. The van der Waals surface area contributed by atoms with Gasteiger partial charge in [-0.2, -0.15) is 0 Å². The molecule has 4 aromatic rings. The van der Waals surface area contributed by atoms with Crippen LogP contribution < -0.4 is 10.6 Å². The molecule has 0 aromatic carbocycles. The molecule has 0 fully saturated rings. The van der Waals surface area contributed by atoms with Gasteiger partial charge in [-0.15, -0.1) is 22.7 Å². The third kappa shape index (κ3) is 2.97. The molecule has 1 amide bonds. The first kappa shape index (κ1) is 16.7. The Bertz CT molecular complexity index is 1110. The Hall–Kier alpha value is -2.71. The van der Waals surface area contributed by atoms with Crippen molar-refractivity contribution in [2.24, 2.45) is 0 Å². The molecule has 0 radical (unpaired) electrons. The fraction of sp³-hybridized carbons (Fsp3) is 0.167. The first-order chi connectivity index (χ1) is 12.5. The Labute approximate surface area is 158 Å². The SMILES string of the molecule is CNC(=O)c1ccc(Nc2nc(-c3c(C)nc4cc(C)ccn34)cs2)s1. The van der Waals surface area contributed by atoms with Crippen molar-refractivity contribution in [3.8, 4) is 11.4 Å². The van der Waals surface area contributed by atoms with Crippen LogP contribution in [0.4, 0.5) is 10.1 Å². The molecule has 2 N–H and O–H groups in total. The second kappa shape index (κ2) is 6.54. The van der Waals surface area contributed by atoms with Gasteiger partial charge in [-0.25, -0.2) is 9.97 Å². The number of hydrogen-bond donors (Lipinski definition) is 2. The lowest BCUT2D eigenvalue weighted by Gasteiger charge is -2.01. The lowest BCUT2D eigenvalue weighted by atomic mass is 10.2. The molecule has 132 valence electrons. The summed E-state index contributed by atoms with van der Waals surface area (Å²) in [5.41, 5.74) is 4.94. The van der Waals surface area contributed by atoms with Gasteiger partial charge in [0.1, 0.15) is 11.3 Å². The predicted octanol–water partition coefficient (Wildman–Crippen LogP) is 4.24. The number of aryl methyl sites for hydroxylation is 2. The lowest BCUT2D eigenvalue weighted by molar-refractivity contribution is 0.0967. The van der Waals surface area contributed by atoms with E-state index >= 15 is 0 Å². The van der Waals surface area contributed by atoms with Crippen LogP contribution in [0, 0.1) is 13.8 Å². The number of hydrogen-bond acceptors (Lipinski definition) is 6. The minimum atomic E-state index is -0.0838. The molecule has 0 aliphatic heterocycles. The average molecular weight is 384 g/mol. The summed E-state index contributed by atoms with van der Waals surface area (Å²) in [6.07, 6.45) is 2.03. The Kier molecular flexibility index (Phi) is 4.21. The molecule has 0 saturated heterocycles. The van der Waals surface area contributed by atoms with Gasteiger partial charge in [-0.1, -0.05) is 0 Å². The van der Waals surface area contributed by atoms with Crippen molar-refractivity contribution in [3.63, 3.8) is 0 Å². The minimum absolute atomic E-state index is 0.0838. The van der Waals surface area contributed by atoms with Crippen molar-refractivity contribution in [1.29, 1.82) is 0 Å². The number of anilines is 2. The summed E-state index contributed by atoms with van der Waals surface area (Å²) in [5.74, 6) is -0.0838. The predicted molar refractivity (Wildman–Crippen MR) is 107 cm³/mol. The first-order valence-electron chi connectivity index (χ1n) is 8.05. The van der Waals surface area contributed by atoms with Gasteiger partial charge in [0.25, 0.3) is 5.91 Å². The number of nitrogens with one attached hydrogen (secondary N) is 2. The van der Waals surface area contributed by atoms with Crippen LogP contribution in [0.1, 0.15) is 20.9 Å². The van der Waals surface area contributed by atoms with Crippen LogP contribution in [0.25, 0.3) is 17.0 Å². The smallest absolute Gasteiger partial charge is 0.261 e. The van der Waals surface area contributed by atoms with E-state index in [0.29, 0.717) is 4.88 Å². The quantitative estimate of drug-likeness (QED) is 0.553. The summed E-state index contributed by atoms with van der Waals surface area (Å²) in [4.78, 5) is 21.7. The van der Waals surface area contributed by atoms with Crippen LogP contribution in [0.3, 0.4) is 0 Å². The van der Waals surface area contributed by atoms with Crippen LogP contribution in [0.2, 0.25) is 0 Å². The van der Waals surface area contributed by atoms with Gasteiger partial charge in [0, 0.05) is 18.6 Å². The fourth-order valence-corrected chi connectivity index (χ4v) is 4.39. The molecule has 26 heavy (non-hydrogen) atoms. The molecular formula is C18H17N5OS2. The maximum Gasteiger partial charge on any atom is 0.261 e. The molecule has 0 aliphatic carbocycles. The van der Waals surface area contributed by atoms with E-state index in [0.717, 1.165) is 32.9 Å². The molecular weight excluding hydrogens is 366 g/mol. The molecule has 0 saturated carbocycles. The van der Waals surface area contributed by atoms with Crippen LogP contribution in [-0.2, 0) is 0 Å². The Balaban J connectivity index is 1.63. The maximum absolute atomic E-state index is 11.7. The molecule has 8 heteroatoms. The van der Waals surface area contributed by atoms with Crippen molar-refractivity contribution in [3.05, 3.63) is 52.0 Å². The Morgan fingerprint density at radius 1 is 1.19 bits per heavy atom. The summed E-state index contributed by atoms with van der Waals surface area (Å²) >= 11 is 2.93. The Morgan fingerprint density at radius 3 is 2.85 bits per heavy atom. The van der Waals surface area contributed by atoms with E-state index in [9.17, 15) is 4.79 Å². The van der Waals surface area contributed by atoms with Gasteiger partial charge in [0.15, 0.2) is 5.13 Å². The molecule has 4 aromatic heterocycles. The third-order valence-electron chi connectivity index (χ3n) is 3.99. The zero-order valence-corrected chi connectivity index (χ0v) is 16.2. The number of nitrogens with zero attached hydrogens (tertiary/aromatic N) is 3. The first-order valence-corrected chi connectivity index (χ1v) is 9.75. The van der Waals surface area contributed by atoms with Crippen molar-refractivity contribution in [1.82, 2.24) is 19.7 Å². The van der Waals surface area contributed by atoms with Crippen LogP contribution in [0.15, 0.2) is 35.8 Å². The van der Waals surface area contributed by atoms with E-state index in [1.807, 2.05) is 24.6 Å². The summed E-state index contributed by atoms with van der Waals surface area (Å²) in [5, 5.41) is 9.60. The monoisotopic (exact) mass is 383 g/mol. The van der Waals surface area contributed by atoms with E-state index in [2.05, 4.69) is 39.1 Å². The van der Waals surface area contributed by atoms with E-state index < -0.39 is 0 Å². The van der Waals surface area contributed by atoms with Crippen LogP contribution >= 0.6 is 22.7 Å². The van der Waals surface area contributed by atoms with Crippen molar-refractivity contribution in [2.75, 3.05) is 12.4 Å². The van der Waals surface area contributed by atoms with Crippen molar-refractivity contribution in [2.45, 2.75) is 13.8 Å². The third-order valence-corrected chi connectivity index (χ3v) is 5.75. The highest BCUT2D eigenvalue weighted by molar-refractivity contribution is 7.18. The Morgan fingerprint density at radius 2 is 2.04 bits per heavy atom. The molecule has 0 unspecified atom stereocenters. The molecule has 4 rings (SSSR count). The number of thiophene rings is 1. The van der Waals surface area contributed by atoms with Gasteiger partial charge in [-0.3, -0.25) is 9.20 Å². The zero-order chi connectivity index (χ0) is 18.3. The van der Waals surface area contributed by atoms with Gasteiger partial charge in [-0.05, 0) is 43.7 Å². The number of imidazole rings is 1. The number of amides is 1. The summed E-state index contributed by atoms with van der Waals surface area (Å²) in [7, 11) is 1.63. The molecule has 6 nitrogen and oxygen atoms in total. The standard InChI is InChI=1S/C18H17N5OS2/c1-10-6-7-23-14(8-10)20-11(2)16(23)12-9-25-18(21-12)22-15-5-4-13(26-15)17(24)19-3/h4-9H,1-3H3,(H,19,24)(H,21,22). The van der Waals surface area contributed by atoms with Crippen LogP contribution in [-0.4, -0.2) is 27.3 Å². The number of carbonyl (C=O) groups is 1. The molecule has 0 bridgehead atoms. The summed E-state index contributed by atoms with van der Waals surface area (Å²) in [6.45, 7) is 4.06. The van der Waals surface area contributed by atoms with E-state index in [-0.39, 0.29) is 5.91 Å². The molecule has 0 atom stereocenters. The number of carbonyl (C=O) groups excluding carboxylic acids is 1. The number of thiazole rings is 1. The van der Waals surface area contributed by atoms with Crippen molar-refractivity contribution >= 4 is 44.4 Å². The topological polar surface area (TPSA) is 71.3 Å². The normalized spacial score (nSPS) is 11.0. The largest absolute Gasteiger partial charge is 0.354 e. The van der Waals surface area contributed by atoms with Gasteiger partial charge < -0.3 is 10.6 Å². The zero-order valence-electron chi connectivity index (χ0n) is 14.5. The fourth-order valence-electron chi connectivity index (χ4n) is 2.77. The second-order valence-corrected chi connectivity index (χ2v) is 7.83. The van der Waals surface area contributed by atoms with Gasteiger partial charge >= 0.3 is 0 Å². The molecule has 0 aliphatic rings. The molecule has 4 heterocycles. The number of pyridine rings is 1. The summed E-state index contributed by atoms with van der Waals surface area (Å²) < 4.78 is 2.07. The van der Waals surface area contributed by atoms with E-state index in [1.165, 1.54) is 28.2 Å². The van der Waals surface area contributed by atoms with Gasteiger partial charge in [0.2, 0.25) is 0 Å². The summed E-state index contributed by atoms with van der Waals surface area (Å²) in [6, 6.07) is 7.82. The highest BCUT2D eigenvalue weighted by Crippen LogP contribution is 2.32. The number of aromatic nitrogens is 3. The number of rotatable bonds is 4. The van der Waals surface area contributed by atoms with E-state index in [1.54, 1.807) is 13.1 Å². The highest BCUT2D eigenvalue weighted by Gasteiger charge is 2.15. The second-order valence-electron chi connectivity index (χ2n) is 5.88. The average Bonchev–Trinajstić information content (AvgIpc) is 3.32. The maximum atomic E-state index is 11.7. The van der Waals surface area contributed by atoms with Crippen LogP contribution in [0.5, 0.6) is 0 Å². The van der Waals surface area contributed by atoms with Crippen molar-refractivity contribution < 1.29 is 4.79 Å². The lowest BCUT2D eigenvalue weighted by Crippen LogP contribution is -2.15.